The number of ether oxygens (including phenoxy) is 2. The van der Waals surface area contributed by atoms with Crippen molar-refractivity contribution in [3.8, 4) is 11.5 Å². The number of hydrogen-bond acceptors (Lipinski definition) is 5. The van der Waals surface area contributed by atoms with Crippen LogP contribution in [0.15, 0.2) is 77.7 Å². The number of carbonyl (C=O) groups excluding carboxylic acids is 1. The first-order valence-corrected chi connectivity index (χ1v) is 10.7. The van der Waals surface area contributed by atoms with Crippen molar-refractivity contribution < 1.29 is 18.7 Å². The molecule has 1 aliphatic rings. The highest BCUT2D eigenvalue weighted by molar-refractivity contribution is 8.27. The number of halogens is 1. The van der Waals surface area contributed by atoms with Crippen LogP contribution in [0.25, 0.3) is 6.08 Å². The molecule has 3 aromatic carbocycles. The van der Waals surface area contributed by atoms with Crippen LogP contribution >= 0.6 is 24.0 Å². The SMILES string of the molecule is COc1ccc(/C=C2/SC(=S)N(c3ccccc3)C2=O)cc1OCc1ccccc1F. The summed E-state index contributed by atoms with van der Waals surface area (Å²) in [6.07, 6.45) is 1.76. The number of amides is 1. The Kier molecular flexibility index (Phi) is 6.34. The predicted molar refractivity (Wildman–Crippen MR) is 126 cm³/mol. The van der Waals surface area contributed by atoms with E-state index in [2.05, 4.69) is 0 Å². The van der Waals surface area contributed by atoms with Gasteiger partial charge in [0.2, 0.25) is 0 Å². The van der Waals surface area contributed by atoms with Gasteiger partial charge in [-0.15, -0.1) is 0 Å². The first kappa shape index (κ1) is 21.1. The van der Waals surface area contributed by atoms with Gasteiger partial charge in [0, 0.05) is 5.56 Å². The minimum absolute atomic E-state index is 0.0581. The normalized spacial score (nSPS) is 14.9. The third-order valence-corrected chi connectivity index (χ3v) is 5.94. The van der Waals surface area contributed by atoms with E-state index in [0.717, 1.165) is 11.3 Å². The summed E-state index contributed by atoms with van der Waals surface area (Å²) in [6.45, 7) is 0.0581. The quantitative estimate of drug-likeness (QED) is 0.349. The molecule has 7 heteroatoms. The second-order valence-corrected chi connectivity index (χ2v) is 8.32. The number of hydrogen-bond donors (Lipinski definition) is 0. The maximum atomic E-state index is 13.9. The summed E-state index contributed by atoms with van der Waals surface area (Å²) in [5.41, 5.74) is 1.92. The van der Waals surface area contributed by atoms with Gasteiger partial charge in [-0.1, -0.05) is 66.4 Å². The van der Waals surface area contributed by atoms with Gasteiger partial charge in [0.1, 0.15) is 12.4 Å². The summed E-state index contributed by atoms with van der Waals surface area (Å²) in [5.74, 6) is 0.469. The number of carbonyl (C=O) groups is 1. The van der Waals surface area contributed by atoms with Crippen molar-refractivity contribution in [2.45, 2.75) is 6.61 Å². The van der Waals surface area contributed by atoms with Gasteiger partial charge in [-0.05, 0) is 42.0 Å². The minimum Gasteiger partial charge on any atom is -0.493 e. The minimum atomic E-state index is -0.331. The standard InChI is InChI=1S/C24H18FNO3S2/c1-28-20-12-11-16(13-21(20)29-15-17-7-5-6-10-19(17)25)14-22-23(27)26(24(30)31-22)18-8-3-2-4-9-18/h2-14H,15H2,1H3/b22-14+. The number of benzene rings is 3. The van der Waals surface area contributed by atoms with Crippen molar-refractivity contribution in [3.63, 3.8) is 0 Å². The van der Waals surface area contributed by atoms with Gasteiger partial charge in [-0.25, -0.2) is 4.39 Å². The molecule has 0 aromatic heterocycles. The Morgan fingerprint density at radius 1 is 1.03 bits per heavy atom. The van der Waals surface area contributed by atoms with Crippen LogP contribution < -0.4 is 14.4 Å². The monoisotopic (exact) mass is 451 g/mol. The molecule has 1 fully saturated rings. The summed E-state index contributed by atoms with van der Waals surface area (Å²) in [4.78, 5) is 15.0. The second-order valence-electron chi connectivity index (χ2n) is 6.64. The molecule has 0 aliphatic carbocycles. The molecule has 1 amide bonds. The van der Waals surface area contributed by atoms with Crippen molar-refractivity contribution in [3.05, 3.63) is 94.6 Å². The van der Waals surface area contributed by atoms with Gasteiger partial charge in [0.05, 0.1) is 17.7 Å². The number of para-hydroxylation sites is 1. The van der Waals surface area contributed by atoms with E-state index in [9.17, 15) is 9.18 Å². The maximum absolute atomic E-state index is 13.9. The zero-order chi connectivity index (χ0) is 21.8. The average Bonchev–Trinajstić information content (AvgIpc) is 3.06. The summed E-state index contributed by atoms with van der Waals surface area (Å²) in [5, 5.41) is 0. The van der Waals surface area contributed by atoms with Crippen LogP contribution in [0.3, 0.4) is 0 Å². The fourth-order valence-corrected chi connectivity index (χ4v) is 4.38. The van der Waals surface area contributed by atoms with Crippen LogP contribution in [0.1, 0.15) is 11.1 Å². The molecule has 4 nitrogen and oxygen atoms in total. The molecule has 0 atom stereocenters. The average molecular weight is 452 g/mol. The molecule has 0 radical (unpaired) electrons. The van der Waals surface area contributed by atoms with Crippen LogP contribution in [0.4, 0.5) is 10.1 Å². The van der Waals surface area contributed by atoms with Gasteiger partial charge in [-0.2, -0.15) is 0 Å². The molecule has 0 bridgehead atoms. The molecular weight excluding hydrogens is 433 g/mol. The zero-order valence-electron chi connectivity index (χ0n) is 16.6. The van der Waals surface area contributed by atoms with Crippen molar-refractivity contribution in [2.24, 2.45) is 0 Å². The lowest BCUT2D eigenvalue weighted by Gasteiger charge is -2.14. The molecule has 3 aromatic rings. The highest BCUT2D eigenvalue weighted by Crippen LogP contribution is 2.37. The molecule has 0 spiro atoms. The lowest BCUT2D eigenvalue weighted by atomic mass is 10.1. The molecule has 31 heavy (non-hydrogen) atoms. The van der Waals surface area contributed by atoms with Crippen molar-refractivity contribution >= 4 is 46.0 Å². The number of methoxy groups -OCH3 is 1. The molecule has 0 unspecified atom stereocenters. The summed E-state index contributed by atoms with van der Waals surface area (Å²) < 4.78 is 25.6. The topological polar surface area (TPSA) is 38.8 Å². The predicted octanol–water partition coefficient (Wildman–Crippen LogP) is 5.82. The lowest BCUT2D eigenvalue weighted by molar-refractivity contribution is -0.113. The van der Waals surface area contributed by atoms with Crippen LogP contribution in [-0.4, -0.2) is 17.3 Å². The smallest absolute Gasteiger partial charge is 0.270 e. The molecule has 0 saturated carbocycles. The van der Waals surface area contributed by atoms with Gasteiger partial charge >= 0.3 is 0 Å². The number of nitrogens with zero attached hydrogens (tertiary/aromatic N) is 1. The van der Waals surface area contributed by atoms with E-state index >= 15 is 0 Å². The van der Waals surface area contributed by atoms with E-state index < -0.39 is 0 Å². The van der Waals surface area contributed by atoms with Gasteiger partial charge in [0.15, 0.2) is 15.8 Å². The Morgan fingerprint density at radius 2 is 1.77 bits per heavy atom. The first-order chi connectivity index (χ1) is 15.1. The summed E-state index contributed by atoms with van der Waals surface area (Å²) in [6, 6.07) is 21.1. The molecular formula is C24H18FNO3S2. The largest absolute Gasteiger partial charge is 0.493 e. The molecule has 0 N–H and O–H groups in total. The third-order valence-electron chi connectivity index (χ3n) is 4.63. The number of anilines is 1. The lowest BCUT2D eigenvalue weighted by Crippen LogP contribution is -2.27. The van der Waals surface area contributed by atoms with Crippen LogP contribution in [0, 0.1) is 5.82 Å². The van der Waals surface area contributed by atoms with E-state index in [1.54, 1.807) is 36.4 Å². The summed E-state index contributed by atoms with van der Waals surface area (Å²) in [7, 11) is 1.54. The van der Waals surface area contributed by atoms with Gasteiger partial charge < -0.3 is 9.47 Å². The third kappa shape index (κ3) is 4.62. The van der Waals surface area contributed by atoms with E-state index in [0.29, 0.717) is 26.3 Å². The molecule has 1 saturated heterocycles. The molecule has 156 valence electrons. The highest BCUT2D eigenvalue weighted by Gasteiger charge is 2.33. The van der Waals surface area contributed by atoms with Crippen LogP contribution in [0.2, 0.25) is 0 Å². The Hall–Kier alpha value is -3.16. The number of rotatable bonds is 6. The summed E-state index contributed by atoms with van der Waals surface area (Å²) >= 11 is 6.66. The van der Waals surface area contributed by atoms with Crippen LogP contribution in [0.5, 0.6) is 11.5 Å². The zero-order valence-corrected chi connectivity index (χ0v) is 18.2. The van der Waals surface area contributed by atoms with Crippen molar-refractivity contribution in [2.75, 3.05) is 12.0 Å². The first-order valence-electron chi connectivity index (χ1n) is 9.44. The van der Waals surface area contributed by atoms with E-state index in [4.69, 9.17) is 21.7 Å². The van der Waals surface area contributed by atoms with Gasteiger partial charge in [-0.3, -0.25) is 9.69 Å². The Bertz CT molecular complexity index is 1160. The number of thiocarbonyl (C=S) groups is 1. The Labute approximate surface area is 189 Å². The van der Waals surface area contributed by atoms with Gasteiger partial charge in [0.25, 0.3) is 5.91 Å². The highest BCUT2D eigenvalue weighted by atomic mass is 32.2. The molecule has 1 heterocycles. The van der Waals surface area contributed by atoms with Crippen molar-refractivity contribution in [1.82, 2.24) is 0 Å². The van der Waals surface area contributed by atoms with Crippen LogP contribution in [-0.2, 0) is 11.4 Å². The molecule has 4 rings (SSSR count). The molecule has 1 aliphatic heterocycles. The van der Waals surface area contributed by atoms with Crippen molar-refractivity contribution in [1.29, 1.82) is 0 Å². The Morgan fingerprint density at radius 3 is 2.52 bits per heavy atom. The Balaban J connectivity index is 1.58. The number of thioether (sulfide) groups is 1. The second kappa shape index (κ2) is 9.32. The van der Waals surface area contributed by atoms with E-state index in [1.165, 1.54) is 29.8 Å². The maximum Gasteiger partial charge on any atom is 0.270 e. The van der Waals surface area contributed by atoms with E-state index in [1.807, 2.05) is 36.4 Å². The fourth-order valence-electron chi connectivity index (χ4n) is 3.09. The fraction of sp³-hybridized carbons (Fsp3) is 0.0833. The van der Waals surface area contributed by atoms with E-state index in [-0.39, 0.29) is 18.3 Å².